The first-order valence-corrected chi connectivity index (χ1v) is 2.76. The fourth-order valence-electron chi connectivity index (χ4n) is 0.384. The van der Waals surface area contributed by atoms with E-state index >= 15 is 0 Å². The van der Waals surface area contributed by atoms with Crippen LogP contribution in [0.2, 0.25) is 0 Å². The molecule has 1 amide bonds. The normalized spacial score (nSPS) is 9.83. The van der Waals surface area contributed by atoms with Gasteiger partial charge < -0.3 is 15.2 Å². The number of rotatable bonds is 2. The maximum atomic E-state index is 10.7. The molecule has 0 unspecified atom stereocenters. The van der Waals surface area contributed by atoms with Gasteiger partial charge in [-0.15, -0.1) is 0 Å². The second-order valence-electron chi connectivity index (χ2n) is 1.59. The Labute approximate surface area is 68.2 Å². The maximum absolute atomic E-state index is 10.7. The monoisotopic (exact) mass is 170 g/mol. The first kappa shape index (κ1) is 9.97. The molecule has 0 saturated heterocycles. The fourth-order valence-corrected chi connectivity index (χ4v) is 0.384. The molecule has 0 rings (SSSR count). The van der Waals surface area contributed by atoms with E-state index in [1.165, 1.54) is 13.2 Å². The van der Waals surface area contributed by atoms with Gasteiger partial charge >= 0.3 is 12.1 Å². The van der Waals surface area contributed by atoms with Crippen LogP contribution in [0.15, 0.2) is 11.8 Å². The van der Waals surface area contributed by atoms with E-state index in [1.807, 2.05) is 0 Å². The van der Waals surface area contributed by atoms with E-state index in [1.54, 1.807) is 0 Å². The summed E-state index contributed by atoms with van der Waals surface area (Å²) in [6.07, 6.45) is -0.414. The lowest BCUT2D eigenvalue weighted by Gasteiger charge is -1.95. The lowest BCUT2D eigenvalue weighted by atomic mass is 10.3. The maximum Gasteiger partial charge on any atom is 0.412 e. The van der Waals surface area contributed by atoms with Gasteiger partial charge in [0.25, 0.3) is 0 Å². The Morgan fingerprint density at radius 2 is 2.17 bits per heavy atom. The summed E-state index contributed by atoms with van der Waals surface area (Å²) in [5.41, 5.74) is 4.09. The minimum atomic E-state index is -1.27. The summed E-state index contributed by atoms with van der Waals surface area (Å²) in [6.45, 7) is 0. The third-order valence-electron chi connectivity index (χ3n) is 0.769. The third kappa shape index (κ3) is 3.22. The Bertz CT molecular complexity index is 263. The van der Waals surface area contributed by atoms with Crippen LogP contribution >= 0.6 is 0 Å². The minimum absolute atomic E-state index is 0.434. The van der Waals surface area contributed by atoms with Gasteiger partial charge in [0.1, 0.15) is 12.3 Å². The molecular weight excluding hydrogens is 164 g/mol. The highest BCUT2D eigenvalue weighted by molar-refractivity contribution is 5.98. The van der Waals surface area contributed by atoms with Gasteiger partial charge in [0.05, 0.1) is 7.11 Å². The number of carbonyl (C=O) groups excluding carboxylic acids is 2. The average Bonchev–Trinajstić information content (AvgIpc) is 1.98. The van der Waals surface area contributed by atoms with E-state index < -0.39 is 17.6 Å². The molecule has 0 heterocycles. The number of methoxy groups -OCH3 is 1. The number of esters is 1. The molecule has 0 atom stereocenters. The number of nitrogens with zero attached hydrogens (tertiary/aromatic N) is 1. The molecule has 6 nitrogen and oxygen atoms in total. The molecule has 0 aromatic heterocycles. The van der Waals surface area contributed by atoms with E-state index in [4.69, 9.17) is 5.26 Å². The zero-order valence-electron chi connectivity index (χ0n) is 6.23. The Morgan fingerprint density at radius 3 is 2.50 bits per heavy atom. The second kappa shape index (κ2) is 4.73. The number of nitrogens with two attached hydrogens (primary N) is 1. The molecule has 12 heavy (non-hydrogen) atoms. The van der Waals surface area contributed by atoms with Crippen molar-refractivity contribution in [3.05, 3.63) is 11.8 Å². The van der Waals surface area contributed by atoms with E-state index in [0.717, 1.165) is 6.26 Å². The minimum Gasteiger partial charge on any atom is -0.503 e. The van der Waals surface area contributed by atoms with Crippen LogP contribution in [-0.4, -0.2) is 19.2 Å². The van der Waals surface area contributed by atoms with E-state index in [9.17, 15) is 9.59 Å². The van der Waals surface area contributed by atoms with Crippen LogP contribution in [0.1, 0.15) is 0 Å². The van der Waals surface area contributed by atoms with Crippen LogP contribution in [0.4, 0.5) is 4.79 Å². The highest BCUT2D eigenvalue weighted by Gasteiger charge is 2.13. The summed E-state index contributed by atoms with van der Waals surface area (Å²) in [7, 11) is 1.24. The van der Waals surface area contributed by atoms with Gasteiger partial charge in [-0.05, 0) is 0 Å². The molecule has 0 spiro atoms. The van der Waals surface area contributed by atoms with Gasteiger partial charge in [-0.25, -0.2) is 9.59 Å². The van der Waals surface area contributed by atoms with E-state index in [0.29, 0.717) is 0 Å². The Hall–Kier alpha value is -2.03. The van der Waals surface area contributed by atoms with Crippen LogP contribution in [0, 0.1) is 11.3 Å². The molecule has 0 radical (unpaired) electrons. The van der Waals surface area contributed by atoms with Gasteiger partial charge in [-0.2, -0.15) is 5.26 Å². The van der Waals surface area contributed by atoms with Crippen molar-refractivity contribution in [1.82, 2.24) is 0 Å². The molecule has 0 aromatic rings. The topological polar surface area (TPSA) is 102 Å². The first-order chi connectivity index (χ1) is 5.61. The zero-order chi connectivity index (χ0) is 9.56. The third-order valence-corrected chi connectivity index (χ3v) is 0.769. The van der Waals surface area contributed by atoms with Crippen LogP contribution in [0.3, 0.4) is 0 Å². The molecule has 6 heteroatoms. The molecule has 64 valence electrons. The highest BCUT2D eigenvalue weighted by Crippen LogP contribution is 1.95. The summed E-state index contributed by atoms with van der Waals surface area (Å²) in [6, 6.07) is 1.46. The SMILES string of the molecule is COC=C(C#N)C(=O)OC(N)=O. The van der Waals surface area contributed by atoms with E-state index in [-0.39, 0.29) is 0 Å². The molecule has 0 aliphatic rings. The predicted octanol–water partition coefficient (Wildman–Crippen LogP) is -0.338. The van der Waals surface area contributed by atoms with Gasteiger partial charge in [0.15, 0.2) is 5.57 Å². The first-order valence-electron chi connectivity index (χ1n) is 2.76. The van der Waals surface area contributed by atoms with Crippen LogP contribution in [-0.2, 0) is 14.3 Å². The smallest absolute Gasteiger partial charge is 0.412 e. The van der Waals surface area contributed by atoms with Crippen molar-refractivity contribution in [1.29, 1.82) is 5.26 Å². The lowest BCUT2D eigenvalue weighted by Crippen LogP contribution is -2.19. The number of ether oxygens (including phenoxy) is 2. The van der Waals surface area contributed by atoms with Gasteiger partial charge in [0.2, 0.25) is 0 Å². The highest BCUT2D eigenvalue weighted by atomic mass is 16.6. The number of hydrogen-bond donors (Lipinski definition) is 1. The molecule has 0 bridgehead atoms. The van der Waals surface area contributed by atoms with Crippen molar-refractivity contribution < 1.29 is 19.1 Å². The summed E-state index contributed by atoms with van der Waals surface area (Å²) < 4.78 is 8.25. The molecule has 0 saturated carbocycles. The van der Waals surface area contributed by atoms with Crippen LogP contribution < -0.4 is 5.73 Å². The van der Waals surface area contributed by atoms with E-state index in [2.05, 4.69) is 15.2 Å². The van der Waals surface area contributed by atoms with Crippen LogP contribution in [0.5, 0.6) is 0 Å². The lowest BCUT2D eigenvalue weighted by molar-refractivity contribution is -0.132. The Morgan fingerprint density at radius 1 is 1.58 bits per heavy atom. The molecule has 0 aliphatic carbocycles. The van der Waals surface area contributed by atoms with Crippen molar-refractivity contribution in [2.75, 3.05) is 7.11 Å². The predicted molar refractivity (Wildman–Crippen MR) is 36.4 cm³/mol. The molecule has 2 N–H and O–H groups in total. The summed E-state index contributed by atoms with van der Waals surface area (Å²) >= 11 is 0. The van der Waals surface area contributed by atoms with Gasteiger partial charge in [0, 0.05) is 0 Å². The zero-order valence-corrected chi connectivity index (χ0v) is 6.23. The Kier molecular flexibility index (Phi) is 3.93. The van der Waals surface area contributed by atoms with Crippen molar-refractivity contribution >= 4 is 12.1 Å². The van der Waals surface area contributed by atoms with Crippen LogP contribution in [0.25, 0.3) is 0 Å². The van der Waals surface area contributed by atoms with Crippen molar-refractivity contribution in [2.24, 2.45) is 5.73 Å². The Balaban J connectivity index is 4.36. The molecule has 0 aliphatic heterocycles. The average molecular weight is 170 g/mol. The number of primary amides is 1. The fraction of sp³-hybridized carbons (Fsp3) is 0.167. The largest absolute Gasteiger partial charge is 0.503 e. The summed E-state index contributed by atoms with van der Waals surface area (Å²) in [5, 5.41) is 8.29. The quantitative estimate of drug-likeness (QED) is 0.201. The van der Waals surface area contributed by atoms with Crippen molar-refractivity contribution in [3.63, 3.8) is 0 Å². The number of hydrogen-bond acceptors (Lipinski definition) is 5. The standard InChI is InChI=1S/C6H6N2O4/c1-11-3-4(2-7)5(9)12-6(8)10/h3H,1H3,(H2,8,10). The van der Waals surface area contributed by atoms with Gasteiger partial charge in [-0.3, -0.25) is 0 Å². The number of amides is 1. The number of nitriles is 1. The molecule has 0 fully saturated rings. The van der Waals surface area contributed by atoms with Gasteiger partial charge in [-0.1, -0.05) is 0 Å². The summed E-state index contributed by atoms with van der Waals surface area (Å²) in [4.78, 5) is 20.7. The molecular formula is C6H6N2O4. The van der Waals surface area contributed by atoms with Crippen molar-refractivity contribution in [2.45, 2.75) is 0 Å². The second-order valence-corrected chi connectivity index (χ2v) is 1.59. The summed E-state index contributed by atoms with van der Waals surface area (Å²) in [5.74, 6) is -1.13. The number of carbonyl (C=O) groups is 2. The molecule has 0 aromatic carbocycles. The van der Waals surface area contributed by atoms with Crippen molar-refractivity contribution in [3.8, 4) is 6.07 Å².